The molecule has 0 bridgehead atoms. The van der Waals surface area contributed by atoms with Gasteiger partial charge in [-0.15, -0.1) is 11.3 Å². The lowest BCUT2D eigenvalue weighted by Crippen LogP contribution is -2.25. The highest BCUT2D eigenvalue weighted by atomic mass is 32.2. The molecule has 10 heteroatoms. The first-order chi connectivity index (χ1) is 15.9. The molecule has 1 aromatic carbocycles. The number of esters is 1. The molecule has 2 aromatic heterocycles. The van der Waals surface area contributed by atoms with Crippen LogP contribution in [-0.2, 0) is 20.8 Å². The molecule has 8 nitrogen and oxygen atoms in total. The Morgan fingerprint density at radius 1 is 1.24 bits per heavy atom. The van der Waals surface area contributed by atoms with E-state index in [0.29, 0.717) is 47.2 Å². The number of carbonyl (C=O) groups excluding carboxylic acids is 2. The van der Waals surface area contributed by atoms with Crippen LogP contribution in [0.3, 0.4) is 0 Å². The van der Waals surface area contributed by atoms with E-state index in [-0.39, 0.29) is 22.8 Å². The Hall–Kier alpha value is -2.69. The number of nitrogens with zero attached hydrogens (tertiary/aromatic N) is 2. The molecule has 0 saturated carbocycles. The predicted molar refractivity (Wildman–Crippen MR) is 132 cm³/mol. The molecule has 0 saturated heterocycles. The maximum atomic E-state index is 13.3. The lowest BCUT2D eigenvalue weighted by molar-refractivity contribution is -0.113. The lowest BCUT2D eigenvalue weighted by Gasteiger charge is -2.13. The third-order valence-electron chi connectivity index (χ3n) is 5.07. The zero-order valence-electron chi connectivity index (χ0n) is 19.1. The van der Waals surface area contributed by atoms with Crippen molar-refractivity contribution < 1.29 is 19.1 Å². The van der Waals surface area contributed by atoms with Crippen molar-refractivity contribution in [2.45, 2.75) is 38.9 Å². The minimum atomic E-state index is -0.530. The smallest absolute Gasteiger partial charge is 0.339 e. The number of hydrogen-bond donors (Lipinski definition) is 1. The number of aryl methyl sites for hydroxylation is 2. The van der Waals surface area contributed by atoms with Gasteiger partial charge < -0.3 is 14.8 Å². The number of methoxy groups -OCH3 is 1. The lowest BCUT2D eigenvalue weighted by atomic mass is 10.2. The zero-order chi connectivity index (χ0) is 24.0. The van der Waals surface area contributed by atoms with Crippen LogP contribution in [0.15, 0.2) is 34.2 Å². The number of aromatic nitrogens is 2. The van der Waals surface area contributed by atoms with Crippen LogP contribution in [0, 0.1) is 13.8 Å². The van der Waals surface area contributed by atoms with Crippen LogP contribution in [0.1, 0.15) is 34.1 Å². The van der Waals surface area contributed by atoms with Gasteiger partial charge in [0, 0.05) is 24.6 Å². The molecule has 2 heterocycles. The number of carbonyl (C=O) groups is 2. The zero-order valence-corrected chi connectivity index (χ0v) is 20.7. The van der Waals surface area contributed by atoms with Gasteiger partial charge >= 0.3 is 5.97 Å². The summed E-state index contributed by atoms with van der Waals surface area (Å²) in [5.74, 6) is -0.815. The van der Waals surface area contributed by atoms with Gasteiger partial charge in [0.05, 0.1) is 29.5 Å². The van der Waals surface area contributed by atoms with Crippen molar-refractivity contribution in [3.8, 4) is 0 Å². The van der Waals surface area contributed by atoms with Crippen LogP contribution >= 0.6 is 23.1 Å². The second-order valence-corrected chi connectivity index (χ2v) is 9.38. The molecule has 0 unspecified atom stereocenters. The Bertz CT molecular complexity index is 1220. The minimum Gasteiger partial charge on any atom is -0.465 e. The van der Waals surface area contributed by atoms with Gasteiger partial charge in [-0.25, -0.2) is 9.78 Å². The molecule has 0 atom stereocenters. The largest absolute Gasteiger partial charge is 0.465 e. The second kappa shape index (κ2) is 11.4. The number of anilines is 1. The average molecular weight is 490 g/mol. The first kappa shape index (κ1) is 24.9. The summed E-state index contributed by atoms with van der Waals surface area (Å²) in [6.45, 7) is 7.43. The van der Waals surface area contributed by atoms with Crippen LogP contribution < -0.4 is 10.9 Å². The van der Waals surface area contributed by atoms with Crippen LogP contribution in [0.2, 0.25) is 0 Å². The Balaban J connectivity index is 1.82. The van der Waals surface area contributed by atoms with Crippen molar-refractivity contribution in [2.24, 2.45) is 0 Å². The number of nitrogens with one attached hydrogen (secondary N) is 1. The Labute approximate surface area is 200 Å². The highest BCUT2D eigenvalue weighted by Crippen LogP contribution is 2.28. The van der Waals surface area contributed by atoms with Crippen molar-refractivity contribution in [3.05, 3.63) is 50.6 Å². The highest BCUT2D eigenvalue weighted by Gasteiger charge is 2.18. The second-order valence-electron chi connectivity index (χ2n) is 7.24. The summed E-state index contributed by atoms with van der Waals surface area (Å²) >= 11 is 2.67. The Kier molecular flexibility index (Phi) is 8.65. The number of thiophene rings is 1. The van der Waals surface area contributed by atoms with E-state index in [4.69, 9.17) is 14.5 Å². The average Bonchev–Trinajstić information content (AvgIpc) is 3.09. The number of thioether (sulfide) groups is 1. The summed E-state index contributed by atoms with van der Waals surface area (Å²) in [5, 5.41) is 3.87. The van der Waals surface area contributed by atoms with Crippen molar-refractivity contribution >= 4 is 50.9 Å². The highest BCUT2D eigenvalue weighted by molar-refractivity contribution is 7.99. The number of amides is 1. The molecule has 3 aromatic rings. The van der Waals surface area contributed by atoms with Crippen LogP contribution in [-0.4, -0.2) is 47.5 Å². The molecule has 0 aliphatic heterocycles. The summed E-state index contributed by atoms with van der Waals surface area (Å²) in [4.78, 5) is 44.3. The Morgan fingerprint density at radius 3 is 2.73 bits per heavy atom. The van der Waals surface area contributed by atoms with Crippen molar-refractivity contribution in [3.63, 3.8) is 0 Å². The molecule has 0 fully saturated rings. The topological polar surface area (TPSA) is 99.5 Å². The van der Waals surface area contributed by atoms with E-state index >= 15 is 0 Å². The molecular weight excluding hydrogens is 462 g/mol. The fraction of sp³-hybridized carbons (Fsp3) is 0.391. The van der Waals surface area contributed by atoms with Gasteiger partial charge in [0.25, 0.3) is 5.56 Å². The van der Waals surface area contributed by atoms with Gasteiger partial charge in [0.15, 0.2) is 5.16 Å². The van der Waals surface area contributed by atoms with Gasteiger partial charge in [-0.05, 0) is 44.9 Å². The van der Waals surface area contributed by atoms with E-state index in [2.05, 4.69) is 5.32 Å². The SMILES string of the molecule is CCOCCCn1c(SCC(=O)Nc2ccccc2C(=O)OC)nc2sc(C)c(C)c2c1=O. The van der Waals surface area contributed by atoms with Crippen molar-refractivity contribution in [2.75, 3.05) is 31.4 Å². The van der Waals surface area contributed by atoms with E-state index in [1.165, 1.54) is 30.2 Å². The summed E-state index contributed by atoms with van der Waals surface area (Å²) in [6.07, 6.45) is 0.662. The van der Waals surface area contributed by atoms with E-state index in [1.54, 1.807) is 28.8 Å². The fourth-order valence-corrected chi connectivity index (χ4v) is 5.18. The maximum absolute atomic E-state index is 13.3. The number of ether oxygens (including phenoxy) is 2. The minimum absolute atomic E-state index is 0.0300. The molecule has 0 spiro atoms. The molecule has 0 radical (unpaired) electrons. The van der Waals surface area contributed by atoms with Crippen molar-refractivity contribution in [1.82, 2.24) is 9.55 Å². The van der Waals surface area contributed by atoms with E-state index in [0.717, 1.165) is 10.4 Å². The standard InChI is InChI=1S/C23H27N3O5S2/c1-5-31-12-8-11-26-21(28)19-14(2)15(3)33-20(19)25-23(26)32-13-18(27)24-17-10-7-6-9-16(17)22(29)30-4/h6-7,9-10H,5,8,11-13H2,1-4H3,(H,24,27). The molecule has 0 aliphatic rings. The number of fused-ring (bicyclic) bond motifs is 1. The summed E-state index contributed by atoms with van der Waals surface area (Å²) in [6, 6.07) is 6.64. The number of hydrogen-bond acceptors (Lipinski definition) is 8. The Morgan fingerprint density at radius 2 is 2.00 bits per heavy atom. The van der Waals surface area contributed by atoms with Crippen molar-refractivity contribution in [1.29, 1.82) is 0 Å². The third-order valence-corrected chi connectivity index (χ3v) is 7.14. The molecular formula is C23H27N3O5S2. The van der Waals surface area contributed by atoms with Gasteiger partial charge in [-0.1, -0.05) is 23.9 Å². The normalized spacial score (nSPS) is 11.0. The molecule has 176 valence electrons. The summed E-state index contributed by atoms with van der Waals surface area (Å²) in [7, 11) is 1.29. The monoisotopic (exact) mass is 489 g/mol. The third kappa shape index (κ3) is 5.82. The quantitative estimate of drug-likeness (QED) is 0.199. The van der Waals surface area contributed by atoms with E-state index in [1.807, 2.05) is 20.8 Å². The predicted octanol–water partition coefficient (Wildman–Crippen LogP) is 4.02. The fourth-order valence-electron chi connectivity index (χ4n) is 3.28. The first-order valence-electron chi connectivity index (χ1n) is 10.6. The first-order valence-corrected chi connectivity index (χ1v) is 12.4. The summed E-state index contributed by atoms with van der Waals surface area (Å²) in [5.41, 5.74) is 1.49. The number of rotatable bonds is 10. The molecule has 0 aliphatic carbocycles. The van der Waals surface area contributed by atoms with Gasteiger partial charge in [0.2, 0.25) is 5.91 Å². The van der Waals surface area contributed by atoms with Crippen LogP contribution in [0.25, 0.3) is 10.2 Å². The molecule has 33 heavy (non-hydrogen) atoms. The molecule has 3 rings (SSSR count). The maximum Gasteiger partial charge on any atom is 0.339 e. The number of para-hydroxylation sites is 1. The van der Waals surface area contributed by atoms with Gasteiger partial charge in [-0.2, -0.15) is 0 Å². The van der Waals surface area contributed by atoms with Gasteiger partial charge in [0.1, 0.15) is 4.83 Å². The van der Waals surface area contributed by atoms with Crippen LogP contribution in [0.4, 0.5) is 5.69 Å². The van der Waals surface area contributed by atoms with Gasteiger partial charge in [-0.3, -0.25) is 14.2 Å². The summed E-state index contributed by atoms with van der Waals surface area (Å²) < 4.78 is 11.8. The molecule has 1 amide bonds. The molecule has 1 N–H and O–H groups in total. The van der Waals surface area contributed by atoms with Crippen LogP contribution in [0.5, 0.6) is 0 Å². The van der Waals surface area contributed by atoms with E-state index in [9.17, 15) is 14.4 Å². The van der Waals surface area contributed by atoms with E-state index < -0.39 is 5.97 Å². The number of benzene rings is 1.